The van der Waals surface area contributed by atoms with Crippen molar-refractivity contribution in [3.63, 3.8) is 0 Å². The lowest BCUT2D eigenvalue weighted by molar-refractivity contribution is -0.137. The number of nitrogens with one attached hydrogen (secondary N) is 1. The van der Waals surface area contributed by atoms with Crippen LogP contribution in [0.5, 0.6) is 11.5 Å². The molecule has 0 radical (unpaired) electrons. The maximum Gasteiger partial charge on any atom is 0.417 e. The zero-order valence-electron chi connectivity index (χ0n) is 24.4. The summed E-state index contributed by atoms with van der Waals surface area (Å²) in [5, 5.41) is 10.2. The van der Waals surface area contributed by atoms with E-state index in [1.165, 1.54) is 10.6 Å². The second-order valence-corrected chi connectivity index (χ2v) is 10.8. The highest BCUT2D eigenvalue weighted by Gasteiger charge is 2.36. The summed E-state index contributed by atoms with van der Waals surface area (Å²) in [5.41, 5.74) is 0.732. The number of nitriles is 1. The second kappa shape index (κ2) is 11.8. The number of halogens is 3. The lowest BCUT2D eigenvalue weighted by Crippen LogP contribution is -2.29. The lowest BCUT2D eigenvalue weighted by atomic mass is 10.0. The maximum atomic E-state index is 13.9. The molecule has 0 atom stereocenters. The highest BCUT2D eigenvalue weighted by Crippen LogP contribution is 2.35. The number of fused-ring (bicyclic) bond motifs is 1. The summed E-state index contributed by atoms with van der Waals surface area (Å²) in [7, 11) is 0. The van der Waals surface area contributed by atoms with E-state index < -0.39 is 28.8 Å². The molecular weight excluding hydrogens is 571 g/mol. The Hall–Kier alpha value is -5.30. The number of hydrogen-bond donors (Lipinski definition) is 1. The highest BCUT2D eigenvalue weighted by molar-refractivity contribution is 5.95. The van der Waals surface area contributed by atoms with Crippen LogP contribution in [0.2, 0.25) is 0 Å². The van der Waals surface area contributed by atoms with Crippen LogP contribution in [0.4, 0.5) is 13.2 Å². The Morgan fingerprint density at radius 2 is 1.68 bits per heavy atom. The Labute approximate surface area is 251 Å². The largest absolute Gasteiger partial charge is 0.458 e. The van der Waals surface area contributed by atoms with Gasteiger partial charge in [0.15, 0.2) is 0 Å². The number of hydrogen-bond acceptors (Lipinski definition) is 5. The summed E-state index contributed by atoms with van der Waals surface area (Å²) in [6, 6.07) is 21.1. The summed E-state index contributed by atoms with van der Waals surface area (Å²) in [4.78, 5) is 28.6. The predicted octanol–water partition coefficient (Wildman–Crippen LogP) is 7.91. The number of carbonyl (C=O) groups is 1. The Morgan fingerprint density at radius 3 is 2.32 bits per heavy atom. The Balaban J connectivity index is 1.50. The molecule has 0 amide bonds. The number of H-pyrrole nitrogens is 1. The molecule has 2 aromatic heterocycles. The quantitative estimate of drug-likeness (QED) is 0.192. The SMILES string of the molecule is Cc1ccc(Cn2c(-c3ccc(Oc4ccc5[nH]c(C(=O)OC(C)C)cc5c4)cc3)cc(C(F)(F)F)c(C#N)c2=O)c(C)c1. The van der Waals surface area contributed by atoms with Crippen molar-refractivity contribution in [3.05, 3.63) is 117 Å². The molecule has 2 heterocycles. The number of aryl methyl sites for hydroxylation is 2. The molecule has 7 nitrogen and oxygen atoms in total. The van der Waals surface area contributed by atoms with Gasteiger partial charge in [0.2, 0.25) is 0 Å². The Bertz CT molecular complexity index is 1980. The third-order valence-electron chi connectivity index (χ3n) is 7.08. The van der Waals surface area contributed by atoms with E-state index in [0.717, 1.165) is 28.1 Å². The van der Waals surface area contributed by atoms with Gasteiger partial charge in [0, 0.05) is 10.9 Å². The van der Waals surface area contributed by atoms with E-state index >= 15 is 0 Å². The first-order valence-electron chi connectivity index (χ1n) is 13.8. The maximum absolute atomic E-state index is 13.9. The number of pyridine rings is 1. The van der Waals surface area contributed by atoms with Crippen molar-refractivity contribution >= 4 is 16.9 Å². The van der Waals surface area contributed by atoms with Gasteiger partial charge < -0.3 is 19.0 Å². The van der Waals surface area contributed by atoms with E-state index in [-0.39, 0.29) is 18.3 Å². The summed E-state index contributed by atoms with van der Waals surface area (Å²) in [5.74, 6) is 0.398. The van der Waals surface area contributed by atoms with Crippen molar-refractivity contribution < 1.29 is 27.4 Å². The minimum Gasteiger partial charge on any atom is -0.458 e. The van der Waals surface area contributed by atoms with Gasteiger partial charge in [-0.1, -0.05) is 23.8 Å². The molecular formula is C34H28F3N3O4. The molecule has 224 valence electrons. The van der Waals surface area contributed by atoms with Gasteiger partial charge in [0.1, 0.15) is 28.8 Å². The molecule has 0 saturated carbocycles. The standard InChI is InChI=1S/C34H28F3N3O4/c1-19(2)43-33(42)30-15-24-14-26(11-12-29(24)39-30)44-25-9-7-22(8-10-25)31-16-28(34(35,36)37)27(17-38)32(41)40(31)18-23-6-5-20(3)13-21(23)4/h5-16,19,39H,18H2,1-4H3. The summed E-state index contributed by atoms with van der Waals surface area (Å²) >= 11 is 0. The summed E-state index contributed by atoms with van der Waals surface area (Å²) in [6.07, 6.45) is -5.16. The molecule has 10 heteroatoms. The van der Waals surface area contributed by atoms with E-state index in [9.17, 15) is 28.0 Å². The van der Waals surface area contributed by atoms with Crippen LogP contribution in [0.3, 0.4) is 0 Å². The average Bonchev–Trinajstić information content (AvgIpc) is 3.38. The molecule has 1 N–H and O–H groups in total. The van der Waals surface area contributed by atoms with Gasteiger partial charge in [-0.3, -0.25) is 4.79 Å². The number of ether oxygens (including phenoxy) is 2. The zero-order chi connectivity index (χ0) is 31.8. The topological polar surface area (TPSA) is 97.1 Å². The zero-order valence-corrected chi connectivity index (χ0v) is 24.4. The van der Waals surface area contributed by atoms with Crippen LogP contribution >= 0.6 is 0 Å². The van der Waals surface area contributed by atoms with Crippen LogP contribution in [0.15, 0.2) is 77.6 Å². The fourth-order valence-electron chi connectivity index (χ4n) is 4.96. The molecule has 0 spiro atoms. The van der Waals surface area contributed by atoms with Gasteiger partial charge in [0.25, 0.3) is 5.56 Å². The molecule has 0 unspecified atom stereocenters. The van der Waals surface area contributed by atoms with Crippen molar-refractivity contribution in [2.75, 3.05) is 0 Å². The molecule has 0 saturated heterocycles. The number of aromatic amines is 1. The van der Waals surface area contributed by atoms with Crippen LogP contribution < -0.4 is 10.3 Å². The van der Waals surface area contributed by atoms with Gasteiger partial charge in [-0.2, -0.15) is 18.4 Å². The Kier molecular flexibility index (Phi) is 8.07. The molecule has 0 bridgehead atoms. The Morgan fingerprint density at radius 1 is 0.977 bits per heavy atom. The van der Waals surface area contributed by atoms with E-state index in [2.05, 4.69) is 4.98 Å². The molecule has 5 rings (SSSR count). The van der Waals surface area contributed by atoms with Crippen LogP contribution in [0.1, 0.15) is 52.2 Å². The third kappa shape index (κ3) is 6.22. The van der Waals surface area contributed by atoms with Gasteiger partial charge in [-0.25, -0.2) is 4.79 Å². The minimum atomic E-state index is -4.90. The van der Waals surface area contributed by atoms with Gasteiger partial charge in [-0.05, 0) is 99.0 Å². The molecule has 0 aliphatic rings. The normalized spacial score (nSPS) is 11.5. The van der Waals surface area contributed by atoms with E-state index in [1.54, 1.807) is 62.4 Å². The highest BCUT2D eigenvalue weighted by atomic mass is 19.4. The van der Waals surface area contributed by atoms with Crippen molar-refractivity contribution in [1.29, 1.82) is 5.26 Å². The monoisotopic (exact) mass is 599 g/mol. The van der Waals surface area contributed by atoms with Gasteiger partial charge in [-0.15, -0.1) is 0 Å². The van der Waals surface area contributed by atoms with Gasteiger partial charge in [0.05, 0.1) is 23.9 Å². The number of rotatable bonds is 7. The third-order valence-corrected chi connectivity index (χ3v) is 7.08. The van der Waals surface area contributed by atoms with E-state index in [1.807, 2.05) is 32.0 Å². The van der Waals surface area contributed by atoms with Crippen molar-refractivity contribution in [1.82, 2.24) is 9.55 Å². The number of benzene rings is 3. The number of nitrogens with zero attached hydrogens (tertiary/aromatic N) is 2. The number of alkyl halides is 3. The van der Waals surface area contributed by atoms with Crippen molar-refractivity contribution in [2.24, 2.45) is 0 Å². The molecule has 0 aliphatic carbocycles. The number of aromatic nitrogens is 2. The fraction of sp³-hybridized carbons (Fsp3) is 0.206. The molecule has 3 aromatic carbocycles. The molecule has 44 heavy (non-hydrogen) atoms. The first-order valence-corrected chi connectivity index (χ1v) is 13.8. The van der Waals surface area contributed by atoms with E-state index in [4.69, 9.17) is 9.47 Å². The first-order chi connectivity index (χ1) is 20.8. The number of esters is 1. The summed E-state index contributed by atoms with van der Waals surface area (Å²) in [6.45, 7) is 7.28. The predicted molar refractivity (Wildman–Crippen MR) is 160 cm³/mol. The first kappa shape index (κ1) is 30.2. The average molecular weight is 600 g/mol. The molecule has 0 aliphatic heterocycles. The lowest BCUT2D eigenvalue weighted by Gasteiger charge is -2.19. The minimum absolute atomic E-state index is 0.0161. The van der Waals surface area contributed by atoms with E-state index in [0.29, 0.717) is 28.3 Å². The van der Waals surface area contributed by atoms with Gasteiger partial charge >= 0.3 is 12.1 Å². The van der Waals surface area contributed by atoms with Crippen LogP contribution in [-0.4, -0.2) is 21.6 Å². The van der Waals surface area contributed by atoms with Crippen LogP contribution in [-0.2, 0) is 17.5 Å². The van der Waals surface area contributed by atoms with Crippen LogP contribution in [0.25, 0.3) is 22.2 Å². The van der Waals surface area contributed by atoms with Crippen LogP contribution in [0, 0.1) is 25.2 Å². The van der Waals surface area contributed by atoms with Crippen molar-refractivity contribution in [2.45, 2.75) is 46.5 Å². The number of carbonyl (C=O) groups excluding carboxylic acids is 1. The molecule has 5 aromatic rings. The smallest absolute Gasteiger partial charge is 0.417 e. The summed E-state index contributed by atoms with van der Waals surface area (Å²) < 4.78 is 54.3. The fourth-order valence-corrected chi connectivity index (χ4v) is 4.96. The molecule has 0 fully saturated rings. The van der Waals surface area contributed by atoms with Crippen molar-refractivity contribution in [3.8, 4) is 28.8 Å². The second-order valence-electron chi connectivity index (χ2n) is 10.8.